The highest BCUT2D eigenvalue weighted by Gasteiger charge is 2.51. The molecule has 1 aliphatic heterocycles. The van der Waals surface area contributed by atoms with Crippen LogP contribution >= 0.6 is 22.9 Å². The molecule has 15 heteroatoms. The Balaban J connectivity index is 1.95. The van der Waals surface area contributed by atoms with E-state index in [4.69, 9.17) is 21.7 Å². The molecule has 0 radical (unpaired) electrons. The number of hydrogen-bond acceptors (Lipinski definition) is 7. The zero-order valence-electron chi connectivity index (χ0n) is 16.2. The van der Waals surface area contributed by atoms with Crippen LogP contribution in [-0.4, -0.2) is 44.4 Å². The number of carbonyl (C=O) groups is 1. The van der Waals surface area contributed by atoms with Crippen LogP contribution in [0.4, 0.5) is 19.0 Å². The summed E-state index contributed by atoms with van der Waals surface area (Å²) in [5.41, 5.74) is -3.95. The molecule has 32 heavy (non-hydrogen) atoms. The maximum absolute atomic E-state index is 12.9. The van der Waals surface area contributed by atoms with Gasteiger partial charge >= 0.3 is 6.18 Å². The number of amides is 1. The Morgan fingerprint density at radius 2 is 2.12 bits per heavy atom. The van der Waals surface area contributed by atoms with E-state index in [1.807, 2.05) is 0 Å². The Morgan fingerprint density at radius 3 is 2.75 bits per heavy atom. The molecule has 0 aromatic carbocycles. The van der Waals surface area contributed by atoms with E-state index < -0.39 is 39.5 Å². The predicted molar refractivity (Wildman–Crippen MR) is 113 cm³/mol. The van der Waals surface area contributed by atoms with Crippen molar-refractivity contribution in [3.63, 3.8) is 0 Å². The SMILES string of the molecule is CNC(=N)N[C@@]1(c2sc(C(=O)Nc3cccc(C(F)(F)F)n3)cc2Cl)CCOC1[SH](=O)=O. The van der Waals surface area contributed by atoms with Gasteiger partial charge in [0.2, 0.25) is 0 Å². The topological polar surface area (TPSA) is 133 Å². The van der Waals surface area contributed by atoms with Gasteiger partial charge in [0.15, 0.2) is 22.1 Å². The Kier molecular flexibility index (Phi) is 6.97. The molecule has 0 spiro atoms. The second kappa shape index (κ2) is 9.21. The minimum Gasteiger partial charge on any atom is -0.360 e. The van der Waals surface area contributed by atoms with E-state index >= 15 is 0 Å². The van der Waals surface area contributed by atoms with Crippen LogP contribution in [-0.2, 0) is 27.2 Å². The fourth-order valence-corrected chi connectivity index (χ4v) is 5.75. The minimum atomic E-state index is -4.68. The van der Waals surface area contributed by atoms with Gasteiger partial charge in [-0.1, -0.05) is 17.7 Å². The summed E-state index contributed by atoms with van der Waals surface area (Å²) >= 11 is 7.16. The maximum Gasteiger partial charge on any atom is 0.433 e. The highest BCUT2D eigenvalue weighted by atomic mass is 35.5. The van der Waals surface area contributed by atoms with Crippen molar-refractivity contribution >= 4 is 51.3 Å². The number of guanidine groups is 1. The van der Waals surface area contributed by atoms with Gasteiger partial charge in [0.05, 0.1) is 21.4 Å². The first-order valence-electron chi connectivity index (χ1n) is 8.93. The molecule has 1 amide bonds. The van der Waals surface area contributed by atoms with Gasteiger partial charge in [0.1, 0.15) is 17.1 Å². The largest absolute Gasteiger partial charge is 0.433 e. The number of aromatic nitrogens is 1. The molecule has 3 rings (SSSR count). The molecule has 1 saturated heterocycles. The normalized spacial score (nSPS) is 20.9. The first-order valence-corrected chi connectivity index (χ1v) is 11.4. The van der Waals surface area contributed by atoms with Gasteiger partial charge in [-0.05, 0) is 18.2 Å². The van der Waals surface area contributed by atoms with Gasteiger partial charge in [0, 0.05) is 13.5 Å². The fraction of sp³-hybridized carbons (Fsp3) is 0.353. The number of hydrogen-bond donors (Lipinski definition) is 5. The van der Waals surface area contributed by atoms with E-state index in [0.29, 0.717) is 0 Å². The van der Waals surface area contributed by atoms with E-state index in [9.17, 15) is 26.4 Å². The van der Waals surface area contributed by atoms with Crippen LogP contribution in [0, 0.1) is 5.41 Å². The quantitative estimate of drug-likeness (QED) is 0.236. The zero-order chi connectivity index (χ0) is 23.7. The monoisotopic (exact) mass is 511 g/mol. The molecule has 3 heterocycles. The summed E-state index contributed by atoms with van der Waals surface area (Å²) in [5.74, 6) is -1.29. The molecule has 2 atom stereocenters. The molecule has 4 N–H and O–H groups in total. The summed E-state index contributed by atoms with van der Waals surface area (Å²) in [6, 6.07) is 4.34. The standard InChI is InChI=1S/C17H17ClF3N5O4S2/c1-23-15(22)26-16(5-6-30-14(16)32(28)29)12-8(18)7-9(31-12)13(27)25-11-4-2-3-10(24-11)17(19,20)21/h2-4,7,14,32H,5-6H2,1H3,(H3,22,23,26)(H,24,25,27)/t14?,16-/m1/s1. The number of ether oxygens (including phenoxy) is 1. The number of anilines is 1. The summed E-state index contributed by atoms with van der Waals surface area (Å²) < 4.78 is 67.6. The second-order valence-corrected chi connectivity index (χ2v) is 9.13. The lowest BCUT2D eigenvalue weighted by molar-refractivity contribution is -0.141. The van der Waals surface area contributed by atoms with Crippen molar-refractivity contribution < 1.29 is 31.1 Å². The van der Waals surface area contributed by atoms with Crippen molar-refractivity contribution in [2.24, 2.45) is 0 Å². The van der Waals surface area contributed by atoms with Crippen LogP contribution in [0.5, 0.6) is 0 Å². The third-order valence-electron chi connectivity index (χ3n) is 4.58. The molecule has 2 aromatic heterocycles. The van der Waals surface area contributed by atoms with Crippen LogP contribution < -0.4 is 16.0 Å². The molecular weight excluding hydrogens is 495 g/mol. The summed E-state index contributed by atoms with van der Waals surface area (Å²) in [7, 11) is -1.64. The van der Waals surface area contributed by atoms with Crippen molar-refractivity contribution in [2.45, 2.75) is 23.6 Å². The summed E-state index contributed by atoms with van der Waals surface area (Å²) in [5, 5.41) is 15.5. The molecular formula is C17H17ClF3N5O4S2. The number of rotatable bonds is 5. The average molecular weight is 512 g/mol. The summed E-state index contributed by atoms with van der Waals surface area (Å²) in [6.45, 7) is 0.0574. The third kappa shape index (κ3) is 4.82. The lowest BCUT2D eigenvalue weighted by Crippen LogP contribution is -2.54. The third-order valence-corrected chi connectivity index (χ3v) is 7.27. The highest BCUT2D eigenvalue weighted by Crippen LogP contribution is 2.44. The number of nitrogens with zero attached hydrogens (tertiary/aromatic N) is 1. The van der Waals surface area contributed by atoms with Crippen molar-refractivity contribution in [3.8, 4) is 0 Å². The molecule has 1 unspecified atom stereocenters. The summed E-state index contributed by atoms with van der Waals surface area (Å²) in [4.78, 5) is 16.3. The molecule has 0 saturated carbocycles. The van der Waals surface area contributed by atoms with Crippen LogP contribution in [0.25, 0.3) is 0 Å². The van der Waals surface area contributed by atoms with Crippen LogP contribution in [0.3, 0.4) is 0 Å². The van der Waals surface area contributed by atoms with Gasteiger partial charge in [-0.25, -0.2) is 13.4 Å². The average Bonchev–Trinajstić information content (AvgIpc) is 3.32. The highest BCUT2D eigenvalue weighted by molar-refractivity contribution is 7.73. The first kappa shape index (κ1) is 24.2. The smallest absolute Gasteiger partial charge is 0.360 e. The number of thiophene rings is 1. The van der Waals surface area contributed by atoms with Gasteiger partial charge in [-0.15, -0.1) is 11.3 Å². The maximum atomic E-state index is 12.9. The Hall–Kier alpha value is -2.42. The first-order chi connectivity index (χ1) is 15.0. The zero-order valence-corrected chi connectivity index (χ0v) is 18.7. The number of carbonyl (C=O) groups excluding carboxylic acids is 1. The molecule has 0 bridgehead atoms. The van der Waals surface area contributed by atoms with Crippen molar-refractivity contribution in [1.82, 2.24) is 15.6 Å². The Bertz CT molecular complexity index is 1120. The Morgan fingerprint density at radius 1 is 1.41 bits per heavy atom. The van der Waals surface area contributed by atoms with Crippen molar-refractivity contribution in [1.29, 1.82) is 5.41 Å². The van der Waals surface area contributed by atoms with Crippen LogP contribution in [0.1, 0.15) is 26.7 Å². The van der Waals surface area contributed by atoms with Gasteiger partial charge < -0.3 is 20.7 Å². The van der Waals surface area contributed by atoms with Crippen molar-refractivity contribution in [2.75, 3.05) is 19.0 Å². The minimum absolute atomic E-state index is 0.00755. The van der Waals surface area contributed by atoms with E-state index in [1.165, 1.54) is 19.2 Å². The second-order valence-electron chi connectivity index (χ2n) is 6.63. The molecule has 1 fully saturated rings. The van der Waals surface area contributed by atoms with E-state index in [2.05, 4.69) is 20.9 Å². The molecule has 9 nitrogen and oxygen atoms in total. The predicted octanol–water partition coefficient (Wildman–Crippen LogP) is 2.36. The summed E-state index contributed by atoms with van der Waals surface area (Å²) in [6.07, 6.45) is -4.54. The van der Waals surface area contributed by atoms with Crippen molar-refractivity contribution in [3.05, 3.63) is 44.7 Å². The lowest BCUT2D eigenvalue weighted by Gasteiger charge is -2.32. The van der Waals surface area contributed by atoms with Gasteiger partial charge in [0.25, 0.3) is 5.91 Å². The van der Waals surface area contributed by atoms with Gasteiger partial charge in [-0.2, -0.15) is 13.2 Å². The van der Waals surface area contributed by atoms with E-state index in [0.717, 1.165) is 23.5 Å². The lowest BCUT2D eigenvalue weighted by atomic mass is 9.96. The number of alkyl halides is 3. The van der Waals surface area contributed by atoms with Gasteiger partial charge in [-0.3, -0.25) is 10.2 Å². The van der Waals surface area contributed by atoms with Crippen LogP contribution in [0.15, 0.2) is 24.3 Å². The van der Waals surface area contributed by atoms with Crippen LogP contribution in [0.2, 0.25) is 5.02 Å². The molecule has 0 aliphatic carbocycles. The number of pyridine rings is 1. The Labute approximate surface area is 190 Å². The number of halogens is 4. The van der Waals surface area contributed by atoms with E-state index in [-0.39, 0.29) is 39.6 Å². The van der Waals surface area contributed by atoms with E-state index in [1.54, 1.807) is 0 Å². The molecule has 174 valence electrons. The number of nitrogens with one attached hydrogen (secondary N) is 4. The molecule has 2 aromatic rings. The fourth-order valence-electron chi connectivity index (χ4n) is 3.16. The number of thiol groups is 1. The molecule has 1 aliphatic rings.